The summed E-state index contributed by atoms with van der Waals surface area (Å²) in [6.07, 6.45) is 2.69. The summed E-state index contributed by atoms with van der Waals surface area (Å²) < 4.78 is 18.0. The molecule has 0 unspecified atom stereocenters. The number of ketones is 1. The van der Waals surface area contributed by atoms with E-state index in [2.05, 4.69) is 10.1 Å². The fourth-order valence-electron chi connectivity index (χ4n) is 4.23. The van der Waals surface area contributed by atoms with Crippen LogP contribution in [0.4, 0.5) is 0 Å². The number of halogens is 1. The Morgan fingerprint density at radius 2 is 1.74 bits per heavy atom. The Bertz CT molecular complexity index is 1380. The fraction of sp³-hybridized carbons (Fsp3) is 0.280. The summed E-state index contributed by atoms with van der Waals surface area (Å²) in [5, 5.41) is 5.81. The van der Waals surface area contributed by atoms with Crippen molar-refractivity contribution in [3.63, 3.8) is 0 Å². The maximum Gasteiger partial charge on any atom is 0.253 e. The third kappa shape index (κ3) is 4.66. The topological polar surface area (TPSA) is 87.8 Å². The van der Waals surface area contributed by atoms with Gasteiger partial charge in [-0.3, -0.25) is 4.79 Å². The Balaban J connectivity index is 1.41. The highest BCUT2D eigenvalue weighted by Crippen LogP contribution is 2.42. The average molecular weight is 511 g/mol. The molecule has 0 saturated heterocycles. The van der Waals surface area contributed by atoms with E-state index in [1.165, 1.54) is 11.8 Å². The molecule has 0 spiro atoms. The number of carbonyl (C=O) groups excluding carboxylic acids is 1. The van der Waals surface area contributed by atoms with Crippen LogP contribution in [-0.2, 0) is 12.2 Å². The minimum Gasteiger partial charge on any atom is -0.493 e. The number of hydrogen-bond donors (Lipinski definition) is 0. The van der Waals surface area contributed by atoms with Gasteiger partial charge in [0.15, 0.2) is 17.3 Å². The molecule has 8 nitrogen and oxygen atoms in total. The number of rotatable bonds is 7. The highest BCUT2D eigenvalue weighted by atomic mass is 35.5. The molecule has 0 radical (unpaired) electrons. The maximum absolute atomic E-state index is 13.1. The smallest absolute Gasteiger partial charge is 0.253 e. The van der Waals surface area contributed by atoms with Gasteiger partial charge in [0.1, 0.15) is 0 Å². The molecule has 4 aromatic rings. The summed E-state index contributed by atoms with van der Waals surface area (Å²) in [5.74, 6) is 2.77. The molecule has 1 aliphatic rings. The Morgan fingerprint density at radius 3 is 2.40 bits per heavy atom. The minimum absolute atomic E-state index is 0.0188. The van der Waals surface area contributed by atoms with Crippen molar-refractivity contribution in [3.8, 4) is 17.2 Å². The minimum atomic E-state index is -0.0691. The molecule has 0 amide bonds. The lowest BCUT2D eigenvalue weighted by Gasteiger charge is -2.24. The van der Waals surface area contributed by atoms with E-state index in [0.29, 0.717) is 63.1 Å². The summed E-state index contributed by atoms with van der Waals surface area (Å²) in [5.41, 5.74) is 3.35. The maximum atomic E-state index is 13.1. The van der Waals surface area contributed by atoms with Crippen molar-refractivity contribution in [1.29, 1.82) is 0 Å². The third-order valence-electron chi connectivity index (χ3n) is 6.00. The highest BCUT2D eigenvalue weighted by molar-refractivity contribution is 7.98. The van der Waals surface area contributed by atoms with Crippen LogP contribution >= 0.6 is 23.4 Å². The highest BCUT2D eigenvalue weighted by Gasteiger charge is 2.30. The predicted octanol–water partition coefficient (Wildman–Crippen LogP) is 5.01. The van der Waals surface area contributed by atoms with Crippen molar-refractivity contribution in [3.05, 3.63) is 70.0 Å². The van der Waals surface area contributed by atoms with Crippen LogP contribution in [0.2, 0.25) is 5.02 Å². The van der Waals surface area contributed by atoms with Crippen molar-refractivity contribution in [1.82, 2.24) is 19.6 Å². The summed E-state index contributed by atoms with van der Waals surface area (Å²) >= 11 is 7.47. The second-order valence-corrected chi connectivity index (χ2v) is 9.52. The number of methoxy groups -OCH3 is 3. The number of fused-ring (bicyclic) bond motifs is 2. The van der Waals surface area contributed by atoms with Crippen LogP contribution in [0.1, 0.15) is 39.5 Å². The first-order valence-corrected chi connectivity index (χ1v) is 12.3. The molecular weight excluding hydrogens is 488 g/mol. The van der Waals surface area contributed by atoms with Gasteiger partial charge in [-0.25, -0.2) is 9.50 Å². The van der Waals surface area contributed by atoms with E-state index < -0.39 is 0 Å². The Kier molecular flexibility index (Phi) is 6.53. The van der Waals surface area contributed by atoms with Gasteiger partial charge in [0.25, 0.3) is 5.78 Å². The molecule has 2 aromatic carbocycles. The van der Waals surface area contributed by atoms with Gasteiger partial charge in [-0.2, -0.15) is 4.98 Å². The summed E-state index contributed by atoms with van der Waals surface area (Å²) in [6, 6.07) is 11.5. The van der Waals surface area contributed by atoms with E-state index >= 15 is 0 Å². The summed E-state index contributed by atoms with van der Waals surface area (Å²) in [7, 11) is 4.72. The molecule has 1 atom stereocenters. The Morgan fingerprint density at radius 1 is 1.03 bits per heavy atom. The quantitative estimate of drug-likeness (QED) is 0.321. The number of Topliss-reactive ketones (excluding diaryl/α,β-unsaturated/α-hetero) is 1. The lowest BCUT2D eigenvalue weighted by molar-refractivity contribution is 0.0962. The van der Waals surface area contributed by atoms with E-state index in [-0.39, 0.29) is 11.7 Å². The molecule has 0 N–H and O–H groups in total. The molecule has 0 bridgehead atoms. The van der Waals surface area contributed by atoms with Crippen molar-refractivity contribution in [2.45, 2.75) is 29.7 Å². The van der Waals surface area contributed by atoms with Gasteiger partial charge in [0.2, 0.25) is 10.9 Å². The van der Waals surface area contributed by atoms with Gasteiger partial charge in [0.05, 0.1) is 32.6 Å². The second kappa shape index (κ2) is 9.75. The number of aromatic nitrogens is 4. The van der Waals surface area contributed by atoms with Gasteiger partial charge < -0.3 is 14.2 Å². The zero-order chi connectivity index (χ0) is 24.5. The van der Waals surface area contributed by atoms with Gasteiger partial charge in [-0.05, 0) is 47.7 Å². The number of hydrogen-bond acceptors (Lipinski definition) is 8. The van der Waals surface area contributed by atoms with Gasteiger partial charge >= 0.3 is 0 Å². The molecule has 5 rings (SSSR count). The Hall–Kier alpha value is -3.30. The van der Waals surface area contributed by atoms with E-state index in [9.17, 15) is 4.79 Å². The molecule has 1 aliphatic carbocycles. The van der Waals surface area contributed by atoms with Crippen molar-refractivity contribution in [2.75, 3.05) is 21.3 Å². The summed E-state index contributed by atoms with van der Waals surface area (Å²) in [6.45, 7) is 0. The van der Waals surface area contributed by atoms with Crippen LogP contribution in [0.3, 0.4) is 0 Å². The number of ether oxygens (including phenoxy) is 3. The molecule has 2 aromatic heterocycles. The molecular formula is C25H23ClN4O4S. The van der Waals surface area contributed by atoms with E-state index in [0.717, 1.165) is 11.1 Å². The first kappa shape index (κ1) is 23.4. The second-order valence-electron chi connectivity index (χ2n) is 8.14. The van der Waals surface area contributed by atoms with E-state index in [1.807, 2.05) is 36.4 Å². The SMILES string of the molecule is COc1cc([C@H]2CC(=O)c3cn4nc(SCc5ccc(Cl)cc5)nc4nc3C2)cc(OC)c1OC. The van der Waals surface area contributed by atoms with Crippen molar-refractivity contribution >= 4 is 34.9 Å². The first-order valence-electron chi connectivity index (χ1n) is 11.0. The monoisotopic (exact) mass is 510 g/mol. The number of nitrogens with zero attached hydrogens (tertiary/aromatic N) is 4. The Labute approximate surface area is 211 Å². The lowest BCUT2D eigenvalue weighted by atomic mass is 9.82. The summed E-state index contributed by atoms with van der Waals surface area (Å²) in [4.78, 5) is 22.3. The van der Waals surface area contributed by atoms with Crippen LogP contribution in [0, 0.1) is 0 Å². The first-order chi connectivity index (χ1) is 17.0. The largest absolute Gasteiger partial charge is 0.493 e. The standard InChI is InChI=1S/C25H23ClN4O4S/c1-32-21-10-16(11-22(33-2)23(21)34-3)15-8-19-18(20(31)9-15)12-30-24(27-19)28-25(29-30)35-13-14-4-6-17(26)7-5-14/h4-7,10-12,15H,8-9,13H2,1-3H3/t15-/m1/s1. The van der Waals surface area contributed by atoms with Gasteiger partial charge in [-0.1, -0.05) is 35.5 Å². The number of thioether (sulfide) groups is 1. The molecule has 0 aliphatic heterocycles. The zero-order valence-corrected chi connectivity index (χ0v) is 21.0. The van der Waals surface area contributed by atoms with Crippen LogP contribution in [-0.4, -0.2) is 46.7 Å². The predicted molar refractivity (Wildman–Crippen MR) is 133 cm³/mol. The van der Waals surface area contributed by atoms with Crippen LogP contribution in [0.5, 0.6) is 17.2 Å². The van der Waals surface area contributed by atoms with Gasteiger partial charge in [-0.15, -0.1) is 5.10 Å². The molecule has 0 saturated carbocycles. The van der Waals surface area contributed by atoms with Gasteiger partial charge in [0, 0.05) is 23.4 Å². The molecule has 0 fully saturated rings. The van der Waals surface area contributed by atoms with Crippen molar-refractivity contribution in [2.24, 2.45) is 0 Å². The lowest BCUT2D eigenvalue weighted by Crippen LogP contribution is -2.21. The molecule has 180 valence electrons. The fourth-order valence-corrected chi connectivity index (χ4v) is 5.13. The number of benzene rings is 2. The molecule has 10 heteroatoms. The van der Waals surface area contributed by atoms with E-state index in [1.54, 1.807) is 32.0 Å². The zero-order valence-electron chi connectivity index (χ0n) is 19.4. The third-order valence-corrected chi connectivity index (χ3v) is 7.16. The van der Waals surface area contributed by atoms with Crippen LogP contribution < -0.4 is 14.2 Å². The molecule has 2 heterocycles. The molecule has 35 heavy (non-hydrogen) atoms. The van der Waals surface area contributed by atoms with E-state index in [4.69, 9.17) is 30.8 Å². The van der Waals surface area contributed by atoms with Crippen LogP contribution in [0.25, 0.3) is 5.78 Å². The normalized spacial score (nSPS) is 15.2. The van der Waals surface area contributed by atoms with Crippen LogP contribution in [0.15, 0.2) is 47.8 Å². The van der Waals surface area contributed by atoms with Crippen molar-refractivity contribution < 1.29 is 19.0 Å². The average Bonchev–Trinajstić information content (AvgIpc) is 3.28. The number of carbonyl (C=O) groups is 1.